The van der Waals surface area contributed by atoms with E-state index in [9.17, 15) is 13.2 Å². The van der Waals surface area contributed by atoms with Crippen LogP contribution in [0.25, 0.3) is 0 Å². The fourth-order valence-electron chi connectivity index (χ4n) is 0.911. The smallest absolute Gasteiger partial charge is 0.289 e. The predicted octanol–water partition coefficient (Wildman–Crippen LogP) is 3.23. The van der Waals surface area contributed by atoms with Gasteiger partial charge >= 0.3 is 6.18 Å². The van der Waals surface area contributed by atoms with Gasteiger partial charge in [-0.25, -0.2) is 0 Å². The quantitative estimate of drug-likeness (QED) is 0.930. The van der Waals surface area contributed by atoms with Gasteiger partial charge in [0.15, 0.2) is 0 Å². The van der Waals surface area contributed by atoms with E-state index in [-0.39, 0.29) is 0 Å². The second kappa shape index (κ2) is 4.96. The highest BCUT2D eigenvalue weighted by molar-refractivity contribution is 9.11. The number of thiophene rings is 1. The van der Waals surface area contributed by atoms with E-state index < -0.39 is 18.8 Å². The Balaban J connectivity index is 2.62. The second-order valence-corrected chi connectivity index (χ2v) is 5.19. The largest absolute Gasteiger partial charge is 0.401 e. The van der Waals surface area contributed by atoms with E-state index in [0.29, 0.717) is 4.88 Å². The van der Waals surface area contributed by atoms with Crippen LogP contribution in [0, 0.1) is 11.3 Å². The van der Waals surface area contributed by atoms with E-state index in [2.05, 4.69) is 21.2 Å². The SMILES string of the molecule is N#CC(NCC(F)(F)F)c1ccc(Br)s1. The third kappa shape index (κ3) is 4.20. The third-order valence-corrected chi connectivity index (χ3v) is 3.20. The maximum Gasteiger partial charge on any atom is 0.401 e. The summed E-state index contributed by atoms with van der Waals surface area (Å²) in [7, 11) is 0. The molecule has 0 aliphatic carbocycles. The molecule has 1 heterocycles. The lowest BCUT2D eigenvalue weighted by atomic mass is 10.2. The van der Waals surface area contributed by atoms with Gasteiger partial charge in [0.1, 0.15) is 6.04 Å². The number of nitriles is 1. The first-order valence-electron chi connectivity index (χ1n) is 3.87. The maximum absolute atomic E-state index is 11.9. The van der Waals surface area contributed by atoms with E-state index in [1.54, 1.807) is 18.2 Å². The highest BCUT2D eigenvalue weighted by Gasteiger charge is 2.28. The fourth-order valence-corrected chi connectivity index (χ4v) is 2.36. The Kier molecular flexibility index (Phi) is 4.13. The summed E-state index contributed by atoms with van der Waals surface area (Å²) < 4.78 is 36.5. The molecule has 0 saturated heterocycles. The molecule has 15 heavy (non-hydrogen) atoms. The van der Waals surface area contributed by atoms with Crippen LogP contribution in [0.3, 0.4) is 0 Å². The summed E-state index contributed by atoms with van der Waals surface area (Å²) >= 11 is 4.41. The van der Waals surface area contributed by atoms with Gasteiger partial charge in [-0.05, 0) is 28.1 Å². The molecule has 1 unspecified atom stereocenters. The molecule has 0 aliphatic heterocycles. The van der Waals surface area contributed by atoms with Crippen molar-refractivity contribution >= 4 is 27.3 Å². The van der Waals surface area contributed by atoms with Gasteiger partial charge in [-0.15, -0.1) is 11.3 Å². The monoisotopic (exact) mass is 298 g/mol. The minimum Gasteiger partial charge on any atom is -0.289 e. The lowest BCUT2D eigenvalue weighted by Crippen LogP contribution is -2.31. The molecule has 0 radical (unpaired) electrons. The first-order chi connectivity index (χ1) is 6.92. The van der Waals surface area contributed by atoms with Crippen molar-refractivity contribution in [2.24, 2.45) is 0 Å². The average molecular weight is 299 g/mol. The van der Waals surface area contributed by atoms with Crippen LogP contribution >= 0.6 is 27.3 Å². The van der Waals surface area contributed by atoms with Crippen LogP contribution in [-0.4, -0.2) is 12.7 Å². The van der Waals surface area contributed by atoms with Gasteiger partial charge in [0, 0.05) is 4.88 Å². The Labute approximate surface area is 96.8 Å². The van der Waals surface area contributed by atoms with Gasteiger partial charge in [-0.3, -0.25) is 5.32 Å². The van der Waals surface area contributed by atoms with E-state index in [4.69, 9.17) is 5.26 Å². The molecule has 82 valence electrons. The van der Waals surface area contributed by atoms with Crippen molar-refractivity contribution in [2.45, 2.75) is 12.2 Å². The number of rotatable bonds is 3. The zero-order chi connectivity index (χ0) is 11.5. The van der Waals surface area contributed by atoms with Gasteiger partial charge in [-0.2, -0.15) is 18.4 Å². The summed E-state index contributed by atoms with van der Waals surface area (Å²) in [5.41, 5.74) is 0. The number of halogens is 4. The summed E-state index contributed by atoms with van der Waals surface area (Å²) in [6.07, 6.45) is -4.30. The Morgan fingerprint density at radius 2 is 2.20 bits per heavy atom. The standard InChI is InChI=1S/C8H6BrF3N2S/c9-7-2-1-6(15-7)5(3-13)14-4-8(10,11)12/h1-2,5,14H,4H2. The molecule has 1 atom stereocenters. The molecule has 0 saturated carbocycles. The molecule has 7 heteroatoms. The third-order valence-electron chi connectivity index (χ3n) is 1.51. The fraction of sp³-hybridized carbons (Fsp3) is 0.375. The normalized spacial score (nSPS) is 13.5. The van der Waals surface area contributed by atoms with Crippen LogP contribution in [-0.2, 0) is 0 Å². The highest BCUT2D eigenvalue weighted by Crippen LogP contribution is 2.27. The molecule has 0 bridgehead atoms. The molecule has 1 aromatic rings. The van der Waals surface area contributed by atoms with Crippen molar-refractivity contribution in [3.8, 4) is 6.07 Å². The van der Waals surface area contributed by atoms with Crippen molar-refractivity contribution < 1.29 is 13.2 Å². The summed E-state index contributed by atoms with van der Waals surface area (Å²) in [5.74, 6) is 0. The van der Waals surface area contributed by atoms with Crippen molar-refractivity contribution in [1.82, 2.24) is 5.32 Å². The number of hydrogen-bond donors (Lipinski definition) is 1. The van der Waals surface area contributed by atoms with Gasteiger partial charge in [0.2, 0.25) is 0 Å². The molecule has 1 N–H and O–H groups in total. The Morgan fingerprint density at radius 3 is 2.60 bits per heavy atom. The number of nitrogens with one attached hydrogen (secondary N) is 1. The van der Waals surface area contributed by atoms with Crippen molar-refractivity contribution in [1.29, 1.82) is 5.26 Å². The summed E-state index contributed by atoms with van der Waals surface area (Å²) in [6.45, 7) is -1.17. The molecular formula is C8H6BrF3N2S. The van der Waals surface area contributed by atoms with E-state index in [0.717, 1.165) is 3.79 Å². The molecule has 0 aromatic carbocycles. The van der Waals surface area contributed by atoms with Crippen molar-refractivity contribution in [3.05, 3.63) is 20.8 Å². The minimum absolute atomic E-state index is 0.564. The van der Waals surface area contributed by atoms with E-state index in [1.165, 1.54) is 11.3 Å². The lowest BCUT2D eigenvalue weighted by molar-refractivity contribution is -0.125. The molecule has 1 rings (SSSR count). The first-order valence-corrected chi connectivity index (χ1v) is 5.48. The van der Waals surface area contributed by atoms with Crippen LogP contribution in [0.2, 0.25) is 0 Å². The van der Waals surface area contributed by atoms with E-state index in [1.807, 2.05) is 0 Å². The van der Waals surface area contributed by atoms with Crippen LogP contribution in [0.15, 0.2) is 15.9 Å². The van der Waals surface area contributed by atoms with Gasteiger partial charge in [0.05, 0.1) is 16.4 Å². The lowest BCUT2D eigenvalue weighted by Gasteiger charge is -2.11. The topological polar surface area (TPSA) is 35.8 Å². The van der Waals surface area contributed by atoms with Crippen LogP contribution < -0.4 is 5.32 Å². The van der Waals surface area contributed by atoms with Gasteiger partial charge < -0.3 is 0 Å². The van der Waals surface area contributed by atoms with E-state index >= 15 is 0 Å². The molecule has 1 aromatic heterocycles. The highest BCUT2D eigenvalue weighted by atomic mass is 79.9. The zero-order valence-corrected chi connectivity index (χ0v) is 9.71. The molecule has 0 fully saturated rings. The molecule has 0 aliphatic rings. The zero-order valence-electron chi connectivity index (χ0n) is 7.31. The van der Waals surface area contributed by atoms with Gasteiger partial charge in [-0.1, -0.05) is 0 Å². The summed E-state index contributed by atoms with van der Waals surface area (Å²) in [4.78, 5) is 0.564. The maximum atomic E-state index is 11.9. The predicted molar refractivity (Wildman–Crippen MR) is 54.4 cm³/mol. The van der Waals surface area contributed by atoms with Crippen LogP contribution in [0.5, 0.6) is 0 Å². The molecule has 2 nitrogen and oxygen atoms in total. The second-order valence-electron chi connectivity index (χ2n) is 2.70. The summed E-state index contributed by atoms with van der Waals surface area (Å²) in [5, 5.41) is 10.8. The minimum atomic E-state index is -4.30. The Bertz CT molecular complexity index is 369. The van der Waals surface area contributed by atoms with Crippen LogP contribution in [0.1, 0.15) is 10.9 Å². The first kappa shape index (κ1) is 12.5. The average Bonchev–Trinajstić information content (AvgIpc) is 2.51. The molecular weight excluding hydrogens is 293 g/mol. The number of nitrogens with zero attached hydrogens (tertiary/aromatic N) is 1. The number of hydrogen-bond acceptors (Lipinski definition) is 3. The summed E-state index contributed by atoms with van der Waals surface area (Å²) in [6, 6.07) is 4.18. The molecule has 0 amide bonds. The van der Waals surface area contributed by atoms with Crippen molar-refractivity contribution in [3.63, 3.8) is 0 Å². The van der Waals surface area contributed by atoms with Gasteiger partial charge in [0.25, 0.3) is 0 Å². The van der Waals surface area contributed by atoms with Crippen LogP contribution in [0.4, 0.5) is 13.2 Å². The molecule has 0 spiro atoms. The Morgan fingerprint density at radius 1 is 1.53 bits per heavy atom. The Hall–Kier alpha value is -0.580. The van der Waals surface area contributed by atoms with Crippen molar-refractivity contribution in [2.75, 3.05) is 6.54 Å². The number of alkyl halides is 3.